The quantitative estimate of drug-likeness (QED) is 0.573. The van der Waals surface area contributed by atoms with Crippen molar-refractivity contribution in [3.63, 3.8) is 0 Å². The van der Waals surface area contributed by atoms with Crippen LogP contribution in [0.1, 0.15) is 5.56 Å². The van der Waals surface area contributed by atoms with Crippen LogP contribution < -0.4 is 5.44 Å². The fourth-order valence-corrected chi connectivity index (χ4v) is 1.31. The Kier molecular flexibility index (Phi) is 2.13. The summed E-state index contributed by atoms with van der Waals surface area (Å²) in [4.78, 5) is 3.96. The van der Waals surface area contributed by atoms with Crippen molar-refractivity contribution in [2.24, 2.45) is 0 Å². The van der Waals surface area contributed by atoms with E-state index in [2.05, 4.69) is 4.98 Å². The van der Waals surface area contributed by atoms with Gasteiger partial charge in [-0.05, 0) is 18.6 Å². The molecule has 0 aliphatic carbocycles. The molecule has 1 unspecified atom stereocenters. The van der Waals surface area contributed by atoms with Crippen LogP contribution in [0, 0.1) is 6.92 Å². The van der Waals surface area contributed by atoms with Crippen molar-refractivity contribution < 1.29 is 4.57 Å². The van der Waals surface area contributed by atoms with Crippen molar-refractivity contribution in [2.45, 2.75) is 6.92 Å². The molecule has 1 aromatic rings. The zero-order chi connectivity index (χ0) is 7.56. The summed E-state index contributed by atoms with van der Waals surface area (Å²) in [5.74, 6) is 0. The van der Waals surface area contributed by atoms with Crippen LogP contribution in [0.3, 0.4) is 0 Å². The van der Waals surface area contributed by atoms with Gasteiger partial charge in [0.2, 0.25) is 0 Å². The number of pyridine rings is 1. The summed E-state index contributed by atoms with van der Waals surface area (Å²) in [5.41, 5.74) is 1.80. The Bertz CT molecular complexity index is 260. The fraction of sp³-hybridized carbons (Fsp3) is 0.286. The maximum absolute atomic E-state index is 10.9. The Morgan fingerprint density at radius 1 is 1.60 bits per heavy atom. The van der Waals surface area contributed by atoms with E-state index >= 15 is 0 Å². The maximum atomic E-state index is 10.9. The van der Waals surface area contributed by atoms with Gasteiger partial charge in [-0.15, -0.1) is 0 Å². The number of hydrogen-bond donors (Lipinski definition) is 0. The molecule has 1 aromatic heterocycles. The molecule has 0 fully saturated rings. The van der Waals surface area contributed by atoms with Gasteiger partial charge in [-0.1, -0.05) is 4.57 Å². The molecule has 0 aromatic carbocycles. The molecule has 0 radical (unpaired) electrons. The van der Waals surface area contributed by atoms with Gasteiger partial charge in [0.25, 0.3) is 5.44 Å². The van der Waals surface area contributed by atoms with Gasteiger partial charge in [-0.3, -0.25) is 0 Å². The third-order valence-electron chi connectivity index (χ3n) is 1.22. The second-order valence-corrected chi connectivity index (χ2v) is 3.64. The minimum absolute atomic E-state index is 0.690. The molecule has 0 N–H and O–H groups in total. The first-order valence-electron chi connectivity index (χ1n) is 3.03. The van der Waals surface area contributed by atoms with Gasteiger partial charge >= 0.3 is 7.80 Å². The van der Waals surface area contributed by atoms with Gasteiger partial charge in [0.1, 0.15) is 6.66 Å². The van der Waals surface area contributed by atoms with E-state index in [-0.39, 0.29) is 0 Å². The fourth-order valence-electron chi connectivity index (χ4n) is 0.692. The number of aryl methyl sites for hydroxylation is 1. The molecule has 52 valence electrons. The smallest absolute Gasteiger partial charge is 0.213 e. The summed E-state index contributed by atoms with van der Waals surface area (Å²) < 4.78 is 10.9. The number of nitrogens with zero attached hydrogens (tertiary/aromatic N) is 1. The second-order valence-electron chi connectivity index (χ2n) is 2.19. The second kappa shape index (κ2) is 2.89. The first-order chi connectivity index (χ1) is 4.70. The summed E-state index contributed by atoms with van der Waals surface area (Å²) in [6, 6.07) is 3.74. The van der Waals surface area contributed by atoms with E-state index in [1.54, 1.807) is 12.9 Å². The summed E-state index contributed by atoms with van der Waals surface area (Å²) in [6.45, 7) is 3.63. The highest BCUT2D eigenvalue weighted by Gasteiger charge is 2.11. The van der Waals surface area contributed by atoms with Crippen molar-refractivity contribution in [1.29, 1.82) is 0 Å². The van der Waals surface area contributed by atoms with Gasteiger partial charge < -0.3 is 0 Å². The van der Waals surface area contributed by atoms with Crippen LogP contribution in [0.25, 0.3) is 0 Å². The topological polar surface area (TPSA) is 30.0 Å². The molecule has 0 amide bonds. The van der Waals surface area contributed by atoms with Gasteiger partial charge in [-0.25, -0.2) is 4.98 Å². The minimum atomic E-state index is -1.27. The number of hydrogen-bond acceptors (Lipinski definition) is 2. The lowest BCUT2D eigenvalue weighted by Gasteiger charge is -1.86. The van der Waals surface area contributed by atoms with Crippen LogP contribution in [0.2, 0.25) is 0 Å². The summed E-state index contributed by atoms with van der Waals surface area (Å²) >= 11 is 0. The third-order valence-corrected chi connectivity index (χ3v) is 2.11. The molecule has 0 saturated heterocycles. The van der Waals surface area contributed by atoms with E-state index in [4.69, 9.17) is 0 Å². The first-order valence-corrected chi connectivity index (χ1v) is 4.74. The SMILES string of the molecule is Cc1ccnc([P+](C)=O)c1. The highest BCUT2D eigenvalue weighted by molar-refractivity contribution is 7.52. The Morgan fingerprint density at radius 2 is 2.30 bits per heavy atom. The van der Waals surface area contributed by atoms with Gasteiger partial charge in [0.15, 0.2) is 0 Å². The minimum Gasteiger partial charge on any atom is -0.213 e. The monoisotopic (exact) mass is 154 g/mol. The molecule has 0 aliphatic rings. The molecule has 10 heavy (non-hydrogen) atoms. The predicted molar refractivity (Wildman–Crippen MR) is 42.1 cm³/mol. The van der Waals surface area contributed by atoms with E-state index < -0.39 is 7.80 Å². The zero-order valence-corrected chi connectivity index (χ0v) is 6.93. The zero-order valence-electron chi connectivity index (χ0n) is 6.03. The van der Waals surface area contributed by atoms with E-state index in [0.29, 0.717) is 5.44 Å². The molecule has 0 bridgehead atoms. The molecule has 0 aliphatic heterocycles. The van der Waals surface area contributed by atoms with Crippen LogP contribution in [-0.2, 0) is 4.57 Å². The molecule has 0 spiro atoms. The number of rotatable bonds is 1. The van der Waals surface area contributed by atoms with Crippen LogP contribution in [0.5, 0.6) is 0 Å². The van der Waals surface area contributed by atoms with E-state index in [0.717, 1.165) is 5.56 Å². The van der Waals surface area contributed by atoms with Gasteiger partial charge in [0, 0.05) is 12.3 Å². The summed E-state index contributed by atoms with van der Waals surface area (Å²) in [7, 11) is -1.27. The molecule has 1 heterocycles. The maximum Gasteiger partial charge on any atom is 0.393 e. The molecular formula is C7H9NOP+. The summed E-state index contributed by atoms with van der Waals surface area (Å²) in [5, 5.41) is 0. The van der Waals surface area contributed by atoms with Crippen molar-refractivity contribution in [3.05, 3.63) is 23.9 Å². The standard InChI is InChI=1S/C7H9NOP/c1-6-3-4-8-7(5-6)10(2)9/h3-5H,1-2H3/q+1. The average molecular weight is 154 g/mol. The largest absolute Gasteiger partial charge is 0.393 e. The Morgan fingerprint density at radius 3 is 2.70 bits per heavy atom. The third kappa shape index (κ3) is 1.61. The first kappa shape index (κ1) is 7.36. The Hall–Kier alpha value is -0.750. The molecular weight excluding hydrogens is 145 g/mol. The van der Waals surface area contributed by atoms with E-state index in [9.17, 15) is 4.57 Å². The molecule has 2 nitrogen and oxygen atoms in total. The van der Waals surface area contributed by atoms with Crippen LogP contribution in [0.15, 0.2) is 18.3 Å². The molecule has 1 atom stereocenters. The summed E-state index contributed by atoms with van der Waals surface area (Å²) in [6.07, 6.45) is 1.68. The Labute approximate surface area is 61.1 Å². The van der Waals surface area contributed by atoms with Crippen LogP contribution >= 0.6 is 7.80 Å². The van der Waals surface area contributed by atoms with Crippen molar-refractivity contribution >= 4 is 13.2 Å². The van der Waals surface area contributed by atoms with Gasteiger partial charge in [0.05, 0.1) is 0 Å². The predicted octanol–water partition coefficient (Wildman–Crippen LogP) is 1.47. The normalized spacial score (nSPS) is 11.2. The Balaban J connectivity index is 3.07. The highest BCUT2D eigenvalue weighted by Crippen LogP contribution is 2.11. The molecule has 0 saturated carbocycles. The lowest BCUT2D eigenvalue weighted by molar-refractivity contribution is 0.595. The molecule has 3 heteroatoms. The lowest BCUT2D eigenvalue weighted by Crippen LogP contribution is -2.00. The highest BCUT2D eigenvalue weighted by atomic mass is 31.1. The number of aromatic nitrogens is 1. The van der Waals surface area contributed by atoms with E-state index in [1.807, 2.05) is 19.1 Å². The van der Waals surface area contributed by atoms with Crippen molar-refractivity contribution in [3.8, 4) is 0 Å². The molecule has 1 rings (SSSR count). The van der Waals surface area contributed by atoms with Crippen molar-refractivity contribution in [1.82, 2.24) is 4.98 Å². The van der Waals surface area contributed by atoms with Crippen LogP contribution in [-0.4, -0.2) is 11.6 Å². The average Bonchev–Trinajstić information content (AvgIpc) is 1.88. The van der Waals surface area contributed by atoms with Gasteiger partial charge in [-0.2, -0.15) is 0 Å². The van der Waals surface area contributed by atoms with Crippen molar-refractivity contribution in [2.75, 3.05) is 6.66 Å². The lowest BCUT2D eigenvalue weighted by atomic mass is 10.3. The van der Waals surface area contributed by atoms with E-state index in [1.165, 1.54) is 0 Å². The van der Waals surface area contributed by atoms with Crippen LogP contribution in [0.4, 0.5) is 0 Å².